The number of aryl methyl sites for hydroxylation is 1. The van der Waals surface area contributed by atoms with Crippen molar-refractivity contribution in [3.05, 3.63) is 21.9 Å². The van der Waals surface area contributed by atoms with Crippen LogP contribution >= 0.6 is 11.3 Å². The molecule has 1 aliphatic rings. The molecule has 0 radical (unpaired) electrons. The standard InChI is InChI=1S/C16H23NO3S/c1-11-6-7-13(21-11)12(2)17-14(18)10-16(15(19)20)8-4-3-5-9-16/h6-7,12H,3-5,8-10H2,1-2H3,(H,17,18)(H,19,20). The lowest BCUT2D eigenvalue weighted by Gasteiger charge is -2.32. The second-order valence-electron chi connectivity index (χ2n) is 6.06. The maximum absolute atomic E-state index is 12.2. The number of carboxylic acid groups (broad SMARTS) is 1. The normalized spacial score (nSPS) is 19.0. The van der Waals surface area contributed by atoms with Crippen LogP contribution in [-0.2, 0) is 9.59 Å². The lowest BCUT2D eigenvalue weighted by atomic mass is 9.71. The van der Waals surface area contributed by atoms with Crippen molar-refractivity contribution in [3.63, 3.8) is 0 Å². The molecule has 116 valence electrons. The Morgan fingerprint density at radius 2 is 2.00 bits per heavy atom. The Kier molecular flexibility index (Phi) is 5.04. The molecule has 4 nitrogen and oxygen atoms in total. The van der Waals surface area contributed by atoms with E-state index in [1.54, 1.807) is 11.3 Å². The Bertz CT molecular complexity index is 517. The number of carboxylic acids is 1. The van der Waals surface area contributed by atoms with E-state index >= 15 is 0 Å². The summed E-state index contributed by atoms with van der Waals surface area (Å²) in [5.41, 5.74) is -0.854. The molecule has 1 unspecified atom stereocenters. The van der Waals surface area contributed by atoms with Gasteiger partial charge in [0.15, 0.2) is 0 Å². The summed E-state index contributed by atoms with van der Waals surface area (Å²) in [4.78, 5) is 26.1. The van der Waals surface area contributed by atoms with Crippen LogP contribution in [0, 0.1) is 12.3 Å². The summed E-state index contributed by atoms with van der Waals surface area (Å²) >= 11 is 1.66. The van der Waals surface area contributed by atoms with Gasteiger partial charge < -0.3 is 10.4 Å². The van der Waals surface area contributed by atoms with Gasteiger partial charge in [-0.1, -0.05) is 19.3 Å². The Balaban J connectivity index is 1.98. The Labute approximate surface area is 129 Å². The van der Waals surface area contributed by atoms with Crippen LogP contribution in [0.4, 0.5) is 0 Å². The van der Waals surface area contributed by atoms with Crippen LogP contribution in [0.25, 0.3) is 0 Å². The summed E-state index contributed by atoms with van der Waals surface area (Å²) in [5, 5.41) is 12.5. The highest BCUT2D eigenvalue weighted by atomic mass is 32.1. The summed E-state index contributed by atoms with van der Waals surface area (Å²) in [7, 11) is 0. The van der Waals surface area contributed by atoms with Gasteiger partial charge in [-0.3, -0.25) is 9.59 Å². The molecule has 1 atom stereocenters. The first-order valence-electron chi connectivity index (χ1n) is 7.52. The van der Waals surface area contributed by atoms with Crippen LogP contribution in [-0.4, -0.2) is 17.0 Å². The largest absolute Gasteiger partial charge is 0.481 e. The molecule has 1 fully saturated rings. The number of amides is 1. The Hall–Kier alpha value is -1.36. The van der Waals surface area contributed by atoms with Crippen molar-refractivity contribution >= 4 is 23.2 Å². The molecule has 0 spiro atoms. The molecular weight excluding hydrogens is 286 g/mol. The maximum Gasteiger partial charge on any atom is 0.310 e. The quantitative estimate of drug-likeness (QED) is 0.872. The minimum absolute atomic E-state index is 0.0642. The first kappa shape index (κ1) is 16.0. The minimum Gasteiger partial charge on any atom is -0.481 e. The number of nitrogens with one attached hydrogen (secondary N) is 1. The molecule has 21 heavy (non-hydrogen) atoms. The van der Waals surface area contributed by atoms with Gasteiger partial charge in [0, 0.05) is 16.2 Å². The molecular formula is C16H23NO3S. The molecule has 1 aliphatic carbocycles. The number of hydrogen-bond acceptors (Lipinski definition) is 3. The molecule has 0 saturated heterocycles. The zero-order valence-corrected chi connectivity index (χ0v) is 13.5. The molecule has 0 aromatic carbocycles. The highest BCUT2D eigenvalue weighted by Gasteiger charge is 2.41. The minimum atomic E-state index is -0.854. The van der Waals surface area contributed by atoms with Crippen molar-refractivity contribution in [2.45, 2.75) is 58.4 Å². The van der Waals surface area contributed by atoms with Gasteiger partial charge >= 0.3 is 5.97 Å². The zero-order chi connectivity index (χ0) is 15.5. The third-order valence-electron chi connectivity index (χ3n) is 4.33. The molecule has 0 bridgehead atoms. The lowest BCUT2D eigenvalue weighted by Crippen LogP contribution is -2.39. The first-order valence-corrected chi connectivity index (χ1v) is 8.34. The predicted molar refractivity (Wildman–Crippen MR) is 83.4 cm³/mol. The summed E-state index contributed by atoms with van der Waals surface area (Å²) < 4.78 is 0. The van der Waals surface area contributed by atoms with Crippen molar-refractivity contribution < 1.29 is 14.7 Å². The molecule has 1 amide bonds. The van der Waals surface area contributed by atoms with Gasteiger partial charge in [0.05, 0.1) is 11.5 Å². The number of carbonyl (C=O) groups excluding carboxylic acids is 1. The van der Waals surface area contributed by atoms with Crippen molar-refractivity contribution in [3.8, 4) is 0 Å². The Morgan fingerprint density at radius 3 is 2.52 bits per heavy atom. The molecule has 1 heterocycles. The third kappa shape index (κ3) is 3.84. The van der Waals surface area contributed by atoms with Gasteiger partial charge in [0.25, 0.3) is 0 Å². The highest BCUT2D eigenvalue weighted by molar-refractivity contribution is 7.12. The Morgan fingerprint density at radius 1 is 1.33 bits per heavy atom. The molecule has 5 heteroatoms. The van der Waals surface area contributed by atoms with Gasteiger partial charge in [0.2, 0.25) is 5.91 Å². The molecule has 1 saturated carbocycles. The smallest absolute Gasteiger partial charge is 0.310 e. The second kappa shape index (κ2) is 6.60. The van der Waals surface area contributed by atoms with E-state index in [4.69, 9.17) is 0 Å². The van der Waals surface area contributed by atoms with Gasteiger partial charge in [0.1, 0.15) is 0 Å². The number of carbonyl (C=O) groups is 2. The van der Waals surface area contributed by atoms with Crippen molar-refractivity contribution in [1.82, 2.24) is 5.32 Å². The monoisotopic (exact) mass is 309 g/mol. The molecule has 1 aromatic heterocycles. The summed E-state index contributed by atoms with van der Waals surface area (Å²) in [6, 6.07) is 3.98. The average Bonchev–Trinajstić information content (AvgIpc) is 2.86. The van der Waals surface area contributed by atoms with Gasteiger partial charge in [-0.25, -0.2) is 0 Å². The summed E-state index contributed by atoms with van der Waals surface area (Å²) in [6.07, 6.45) is 4.20. The van der Waals surface area contributed by atoms with Crippen molar-refractivity contribution in [2.75, 3.05) is 0 Å². The summed E-state index contributed by atoms with van der Waals surface area (Å²) in [6.45, 7) is 3.97. The molecule has 1 aromatic rings. The fraction of sp³-hybridized carbons (Fsp3) is 0.625. The van der Waals surface area contributed by atoms with E-state index in [0.29, 0.717) is 12.8 Å². The molecule has 2 rings (SSSR count). The summed E-state index contributed by atoms with van der Waals surface area (Å²) in [5.74, 6) is -0.977. The van der Waals surface area contributed by atoms with E-state index in [9.17, 15) is 14.7 Å². The van der Waals surface area contributed by atoms with Crippen LogP contribution < -0.4 is 5.32 Å². The van der Waals surface area contributed by atoms with Crippen LogP contribution in [0.2, 0.25) is 0 Å². The van der Waals surface area contributed by atoms with Crippen LogP contribution in [0.15, 0.2) is 12.1 Å². The average molecular weight is 309 g/mol. The first-order chi connectivity index (χ1) is 9.93. The zero-order valence-electron chi connectivity index (χ0n) is 12.6. The van der Waals surface area contributed by atoms with E-state index in [0.717, 1.165) is 24.1 Å². The topological polar surface area (TPSA) is 66.4 Å². The van der Waals surface area contributed by atoms with Gasteiger partial charge in [-0.15, -0.1) is 11.3 Å². The van der Waals surface area contributed by atoms with Crippen LogP contribution in [0.1, 0.15) is 61.2 Å². The predicted octanol–water partition coefficient (Wildman–Crippen LogP) is 3.66. The molecule has 0 aliphatic heterocycles. The van der Waals surface area contributed by atoms with E-state index < -0.39 is 11.4 Å². The number of aliphatic carboxylic acids is 1. The highest BCUT2D eigenvalue weighted by Crippen LogP contribution is 2.39. The maximum atomic E-state index is 12.2. The fourth-order valence-electron chi connectivity index (χ4n) is 3.05. The second-order valence-corrected chi connectivity index (χ2v) is 7.38. The van der Waals surface area contributed by atoms with E-state index in [1.165, 1.54) is 4.88 Å². The van der Waals surface area contributed by atoms with Crippen molar-refractivity contribution in [2.24, 2.45) is 5.41 Å². The fourth-order valence-corrected chi connectivity index (χ4v) is 3.93. The van der Waals surface area contributed by atoms with E-state index in [-0.39, 0.29) is 18.4 Å². The van der Waals surface area contributed by atoms with Crippen LogP contribution in [0.3, 0.4) is 0 Å². The van der Waals surface area contributed by atoms with Gasteiger partial charge in [-0.2, -0.15) is 0 Å². The number of thiophene rings is 1. The number of rotatable bonds is 5. The van der Waals surface area contributed by atoms with Gasteiger partial charge in [-0.05, 0) is 38.8 Å². The lowest BCUT2D eigenvalue weighted by molar-refractivity contribution is -0.154. The molecule has 2 N–H and O–H groups in total. The SMILES string of the molecule is Cc1ccc(C(C)NC(=O)CC2(C(=O)O)CCCCC2)s1. The van der Waals surface area contributed by atoms with Crippen LogP contribution in [0.5, 0.6) is 0 Å². The van der Waals surface area contributed by atoms with E-state index in [1.807, 2.05) is 26.0 Å². The number of hydrogen-bond donors (Lipinski definition) is 2. The van der Waals surface area contributed by atoms with Crippen molar-refractivity contribution in [1.29, 1.82) is 0 Å². The third-order valence-corrected chi connectivity index (χ3v) is 5.51. The van der Waals surface area contributed by atoms with E-state index in [2.05, 4.69) is 5.32 Å².